The molecule has 0 bridgehead atoms. The van der Waals surface area contributed by atoms with Crippen LogP contribution in [-0.2, 0) is 7.05 Å². The van der Waals surface area contributed by atoms with Gasteiger partial charge in [0.05, 0.1) is 11.1 Å². The van der Waals surface area contributed by atoms with Crippen molar-refractivity contribution in [3.8, 4) is 0 Å². The summed E-state index contributed by atoms with van der Waals surface area (Å²) in [5.74, 6) is 0. The number of aromatic nitrogens is 2. The normalized spacial score (nSPS) is 10.0. The summed E-state index contributed by atoms with van der Waals surface area (Å²) < 4.78 is 1.65. The van der Waals surface area contributed by atoms with Crippen LogP contribution < -0.4 is 0 Å². The summed E-state index contributed by atoms with van der Waals surface area (Å²) in [6, 6.07) is 0. The molecule has 0 aliphatic heterocycles. The summed E-state index contributed by atoms with van der Waals surface area (Å²) in [6.07, 6.45) is 3.32. The molecule has 6 heteroatoms. The van der Waals surface area contributed by atoms with Crippen LogP contribution in [0.3, 0.4) is 0 Å². The Hall–Kier alpha value is -1.30. The second-order valence-electron chi connectivity index (χ2n) is 2.39. The Bertz CT molecular complexity index is 359. The van der Waals surface area contributed by atoms with Crippen LogP contribution in [0.2, 0.25) is 0 Å². The Morgan fingerprint density at radius 1 is 1.85 bits per heavy atom. The van der Waals surface area contributed by atoms with Crippen molar-refractivity contribution in [1.82, 2.24) is 9.55 Å². The summed E-state index contributed by atoms with van der Waals surface area (Å²) in [5, 5.41) is 11.1. The number of hydrogen-bond acceptors (Lipinski definition) is 4. The first-order chi connectivity index (χ1) is 6.07. The predicted octanol–water partition coefficient (Wildman–Crippen LogP) is 1.39. The van der Waals surface area contributed by atoms with Gasteiger partial charge in [-0.2, -0.15) is 0 Å². The van der Waals surface area contributed by atoms with Crippen LogP contribution in [0.4, 0.5) is 0 Å². The van der Waals surface area contributed by atoms with Crippen molar-refractivity contribution in [3.05, 3.63) is 28.6 Å². The van der Waals surface area contributed by atoms with Crippen molar-refractivity contribution in [3.63, 3.8) is 0 Å². The highest BCUT2D eigenvalue weighted by Crippen LogP contribution is 2.18. The van der Waals surface area contributed by atoms with Gasteiger partial charge >= 0.3 is 0 Å². The van der Waals surface area contributed by atoms with E-state index in [9.17, 15) is 10.1 Å². The highest BCUT2D eigenvalue weighted by atomic mass is 32.2. The summed E-state index contributed by atoms with van der Waals surface area (Å²) in [5.41, 5.74) is 0.310. The van der Waals surface area contributed by atoms with E-state index in [4.69, 9.17) is 0 Å². The Morgan fingerprint density at radius 2 is 2.46 bits per heavy atom. The standard InChI is InChI=1S/C7H9N3O2S/c1-5(10(11)12)6-4-8-7(13-3)9(6)2/h4H,1H2,2-3H3. The minimum absolute atomic E-state index is 0.129. The van der Waals surface area contributed by atoms with Gasteiger partial charge in [-0.15, -0.1) is 0 Å². The molecule has 1 rings (SSSR count). The van der Waals surface area contributed by atoms with E-state index >= 15 is 0 Å². The number of nitro groups is 1. The monoisotopic (exact) mass is 199 g/mol. The fraction of sp³-hybridized carbons (Fsp3) is 0.286. The molecular formula is C7H9N3O2S. The van der Waals surface area contributed by atoms with E-state index in [1.54, 1.807) is 11.6 Å². The van der Waals surface area contributed by atoms with E-state index in [0.29, 0.717) is 5.69 Å². The molecule has 1 heterocycles. The van der Waals surface area contributed by atoms with Crippen molar-refractivity contribution >= 4 is 17.5 Å². The van der Waals surface area contributed by atoms with Crippen molar-refractivity contribution in [1.29, 1.82) is 0 Å². The van der Waals surface area contributed by atoms with E-state index in [1.807, 2.05) is 6.26 Å². The van der Waals surface area contributed by atoms with Crippen LogP contribution in [0.15, 0.2) is 17.9 Å². The van der Waals surface area contributed by atoms with Crippen molar-refractivity contribution < 1.29 is 4.92 Å². The Kier molecular flexibility index (Phi) is 2.72. The Morgan fingerprint density at radius 3 is 2.85 bits per heavy atom. The molecule has 0 spiro atoms. The van der Waals surface area contributed by atoms with Gasteiger partial charge in [-0.3, -0.25) is 10.1 Å². The van der Waals surface area contributed by atoms with Gasteiger partial charge in [0.2, 0.25) is 0 Å². The maximum atomic E-state index is 10.4. The molecule has 0 radical (unpaired) electrons. The molecule has 0 N–H and O–H groups in total. The van der Waals surface area contributed by atoms with Crippen LogP contribution in [0.25, 0.3) is 5.70 Å². The largest absolute Gasteiger partial charge is 0.317 e. The SMILES string of the molecule is C=C(c1cnc(SC)n1C)[N+](=O)[O-]. The minimum Gasteiger partial charge on any atom is -0.317 e. The molecule has 0 aliphatic rings. The first kappa shape index (κ1) is 9.79. The summed E-state index contributed by atoms with van der Waals surface area (Å²) >= 11 is 1.43. The second kappa shape index (κ2) is 3.61. The maximum Gasteiger partial charge on any atom is 0.287 e. The highest BCUT2D eigenvalue weighted by Gasteiger charge is 2.16. The smallest absolute Gasteiger partial charge is 0.287 e. The van der Waals surface area contributed by atoms with Gasteiger partial charge in [0.15, 0.2) is 5.16 Å². The molecule has 1 aromatic heterocycles. The molecule has 1 aromatic rings. The summed E-state index contributed by atoms with van der Waals surface area (Å²) in [6.45, 7) is 3.36. The van der Waals surface area contributed by atoms with Gasteiger partial charge < -0.3 is 4.57 Å². The molecule has 0 unspecified atom stereocenters. The highest BCUT2D eigenvalue weighted by molar-refractivity contribution is 7.98. The topological polar surface area (TPSA) is 61.0 Å². The van der Waals surface area contributed by atoms with E-state index in [1.165, 1.54) is 18.0 Å². The first-order valence-electron chi connectivity index (χ1n) is 3.47. The lowest BCUT2D eigenvalue weighted by Crippen LogP contribution is -2.02. The number of rotatable bonds is 3. The molecule has 0 amide bonds. The van der Waals surface area contributed by atoms with Gasteiger partial charge in [-0.05, 0) is 12.8 Å². The van der Waals surface area contributed by atoms with Crippen LogP contribution in [0.1, 0.15) is 5.69 Å². The zero-order chi connectivity index (χ0) is 10.0. The number of nitrogens with zero attached hydrogens (tertiary/aromatic N) is 3. The number of hydrogen-bond donors (Lipinski definition) is 0. The van der Waals surface area contributed by atoms with Crippen molar-refractivity contribution in [2.75, 3.05) is 6.26 Å². The number of thioether (sulfide) groups is 1. The molecular weight excluding hydrogens is 190 g/mol. The second-order valence-corrected chi connectivity index (χ2v) is 3.17. The summed E-state index contributed by atoms with van der Waals surface area (Å²) in [4.78, 5) is 13.9. The van der Waals surface area contributed by atoms with Crippen LogP contribution in [0, 0.1) is 10.1 Å². The third kappa shape index (κ3) is 1.72. The van der Waals surface area contributed by atoms with E-state index in [0.717, 1.165) is 5.16 Å². The van der Waals surface area contributed by atoms with Gasteiger partial charge in [0.1, 0.15) is 5.69 Å². The van der Waals surface area contributed by atoms with Gasteiger partial charge in [0.25, 0.3) is 5.70 Å². The molecule has 5 nitrogen and oxygen atoms in total. The molecule has 0 saturated carbocycles. The predicted molar refractivity (Wildman–Crippen MR) is 51.0 cm³/mol. The maximum absolute atomic E-state index is 10.4. The lowest BCUT2D eigenvalue weighted by atomic mass is 10.4. The van der Waals surface area contributed by atoms with Crippen LogP contribution in [-0.4, -0.2) is 20.7 Å². The van der Waals surface area contributed by atoms with E-state index in [2.05, 4.69) is 11.6 Å². The van der Waals surface area contributed by atoms with Crippen molar-refractivity contribution in [2.24, 2.45) is 7.05 Å². The first-order valence-corrected chi connectivity index (χ1v) is 4.69. The van der Waals surface area contributed by atoms with E-state index in [-0.39, 0.29) is 5.70 Å². The molecule has 0 atom stereocenters. The molecule has 0 saturated heterocycles. The van der Waals surface area contributed by atoms with E-state index < -0.39 is 4.92 Å². The van der Waals surface area contributed by atoms with Gasteiger partial charge in [-0.25, -0.2) is 4.98 Å². The average molecular weight is 199 g/mol. The lowest BCUT2D eigenvalue weighted by Gasteiger charge is -2.00. The molecule has 0 aliphatic carbocycles. The third-order valence-corrected chi connectivity index (χ3v) is 2.39. The minimum atomic E-state index is -0.513. The Labute approximate surface area is 79.6 Å². The zero-order valence-electron chi connectivity index (χ0n) is 7.35. The lowest BCUT2D eigenvalue weighted by molar-refractivity contribution is -0.375. The molecule has 70 valence electrons. The fourth-order valence-electron chi connectivity index (χ4n) is 0.944. The molecule has 13 heavy (non-hydrogen) atoms. The Balaban J connectivity index is 3.09. The van der Waals surface area contributed by atoms with Crippen molar-refractivity contribution in [2.45, 2.75) is 5.16 Å². The fourth-order valence-corrected chi connectivity index (χ4v) is 1.47. The quantitative estimate of drug-likeness (QED) is 0.419. The van der Waals surface area contributed by atoms with Crippen LogP contribution >= 0.6 is 11.8 Å². The third-order valence-electron chi connectivity index (χ3n) is 1.64. The van der Waals surface area contributed by atoms with Gasteiger partial charge in [0, 0.05) is 7.05 Å². The molecule has 0 fully saturated rings. The summed E-state index contributed by atoms with van der Waals surface area (Å²) in [7, 11) is 1.73. The zero-order valence-corrected chi connectivity index (χ0v) is 8.17. The molecule has 0 aromatic carbocycles. The van der Waals surface area contributed by atoms with Crippen LogP contribution in [0.5, 0.6) is 0 Å². The average Bonchev–Trinajstić information content (AvgIpc) is 2.45. The number of imidazole rings is 1. The van der Waals surface area contributed by atoms with Gasteiger partial charge in [-0.1, -0.05) is 11.8 Å².